The fourth-order valence-electron chi connectivity index (χ4n) is 4.45. The van der Waals surface area contributed by atoms with E-state index in [0.717, 1.165) is 5.56 Å². The number of para-hydroxylation sites is 1. The van der Waals surface area contributed by atoms with Gasteiger partial charge in [0.2, 0.25) is 0 Å². The molecule has 3 aromatic rings. The topological polar surface area (TPSA) is 99.1 Å². The van der Waals surface area contributed by atoms with Crippen molar-refractivity contribution in [3.63, 3.8) is 0 Å². The average molecular weight is 487 g/mol. The summed E-state index contributed by atoms with van der Waals surface area (Å²) < 4.78 is 5.14. The van der Waals surface area contributed by atoms with Crippen molar-refractivity contribution in [2.45, 2.75) is 25.5 Å². The summed E-state index contributed by atoms with van der Waals surface area (Å²) in [7, 11) is 1.57. The van der Waals surface area contributed by atoms with Crippen LogP contribution in [0.3, 0.4) is 0 Å². The number of nitrogens with zero attached hydrogens (tertiary/aromatic N) is 1. The number of rotatable bonds is 9. The van der Waals surface area contributed by atoms with Crippen molar-refractivity contribution in [3.8, 4) is 5.75 Å². The highest BCUT2D eigenvalue weighted by Crippen LogP contribution is 2.45. The summed E-state index contributed by atoms with van der Waals surface area (Å²) in [6.07, 6.45) is 3.99. The molecule has 4 rings (SSSR count). The number of hydrogen-bond donors (Lipinski definition) is 3. The van der Waals surface area contributed by atoms with Gasteiger partial charge in [0.05, 0.1) is 19.3 Å². The first-order valence-corrected chi connectivity index (χ1v) is 11.8. The molecule has 0 spiro atoms. The van der Waals surface area contributed by atoms with E-state index in [2.05, 4.69) is 5.32 Å². The fourth-order valence-corrected chi connectivity index (χ4v) is 4.45. The number of aliphatic hydroxyl groups is 2. The highest BCUT2D eigenvalue weighted by Gasteiger charge is 2.52. The van der Waals surface area contributed by atoms with E-state index in [0.29, 0.717) is 34.7 Å². The zero-order valence-electron chi connectivity index (χ0n) is 20.3. The van der Waals surface area contributed by atoms with Crippen LogP contribution in [0.1, 0.15) is 34.8 Å². The first-order chi connectivity index (χ1) is 17.4. The molecule has 3 aromatic carbocycles. The van der Waals surface area contributed by atoms with Crippen molar-refractivity contribution in [1.29, 1.82) is 0 Å². The minimum Gasteiger partial charge on any atom is -0.497 e. The number of hydrogen-bond acceptors (Lipinski definition) is 5. The number of carbonyl (C=O) groups is 2. The van der Waals surface area contributed by atoms with E-state index in [-0.39, 0.29) is 19.1 Å². The van der Waals surface area contributed by atoms with Gasteiger partial charge in [-0.25, -0.2) is 0 Å². The quantitative estimate of drug-likeness (QED) is 0.393. The molecule has 7 nitrogen and oxygen atoms in total. The molecule has 1 aliphatic heterocycles. The highest BCUT2D eigenvalue weighted by molar-refractivity contribution is 6.07. The molecule has 1 heterocycles. The molecule has 0 radical (unpaired) electrons. The lowest BCUT2D eigenvalue weighted by Gasteiger charge is -2.27. The SMILES string of the molecule is COc1ccc(C(=O)Nc2cccc(CN3C(=O)[C@@](O)([C@@H](C)/C=C/CCO)c4ccccc43)c2)cc1. The van der Waals surface area contributed by atoms with Crippen LogP contribution in [0, 0.1) is 5.92 Å². The number of carbonyl (C=O) groups excluding carboxylic acids is 2. The van der Waals surface area contributed by atoms with Crippen LogP contribution in [0.15, 0.2) is 84.9 Å². The molecule has 7 heteroatoms. The van der Waals surface area contributed by atoms with Gasteiger partial charge in [0.15, 0.2) is 5.60 Å². The predicted molar refractivity (Wildman–Crippen MR) is 139 cm³/mol. The summed E-state index contributed by atoms with van der Waals surface area (Å²) in [6.45, 7) is 2.03. The number of fused-ring (bicyclic) bond motifs is 1. The minimum absolute atomic E-state index is 0.00362. The van der Waals surface area contributed by atoms with Gasteiger partial charge >= 0.3 is 0 Å². The Hall–Kier alpha value is -3.94. The number of benzene rings is 3. The Morgan fingerprint density at radius 1 is 1.11 bits per heavy atom. The lowest BCUT2D eigenvalue weighted by Crippen LogP contribution is -2.44. The van der Waals surface area contributed by atoms with E-state index in [1.165, 1.54) is 0 Å². The second kappa shape index (κ2) is 10.8. The number of ether oxygens (including phenoxy) is 1. The van der Waals surface area contributed by atoms with Crippen molar-refractivity contribution >= 4 is 23.2 Å². The fraction of sp³-hybridized carbons (Fsp3) is 0.241. The van der Waals surface area contributed by atoms with Gasteiger partial charge in [-0.2, -0.15) is 0 Å². The minimum atomic E-state index is -1.71. The smallest absolute Gasteiger partial charge is 0.264 e. The molecule has 0 saturated carbocycles. The third kappa shape index (κ3) is 4.89. The van der Waals surface area contributed by atoms with Crippen LogP contribution in [-0.2, 0) is 16.9 Å². The molecule has 1 aliphatic rings. The largest absolute Gasteiger partial charge is 0.497 e. The Bertz CT molecular complexity index is 1270. The van der Waals surface area contributed by atoms with Gasteiger partial charge in [-0.1, -0.05) is 49.4 Å². The molecule has 2 atom stereocenters. The Morgan fingerprint density at radius 2 is 1.86 bits per heavy atom. The number of amides is 2. The van der Waals surface area contributed by atoms with Gasteiger partial charge in [0.1, 0.15) is 5.75 Å². The maximum absolute atomic E-state index is 13.6. The summed E-state index contributed by atoms with van der Waals surface area (Å²) in [5.74, 6) is -0.479. The molecule has 2 amide bonds. The van der Waals surface area contributed by atoms with Gasteiger partial charge in [-0.15, -0.1) is 0 Å². The predicted octanol–water partition coefficient (Wildman–Crippen LogP) is 4.26. The highest BCUT2D eigenvalue weighted by atomic mass is 16.5. The summed E-state index contributed by atoms with van der Waals surface area (Å²) in [5.41, 5.74) is 1.41. The van der Waals surface area contributed by atoms with Crippen LogP contribution in [0.2, 0.25) is 0 Å². The summed E-state index contributed by atoms with van der Waals surface area (Å²) in [5, 5.41) is 23.6. The number of anilines is 2. The molecule has 0 bridgehead atoms. The van der Waals surface area contributed by atoms with Crippen molar-refractivity contribution in [2.75, 3.05) is 23.9 Å². The van der Waals surface area contributed by atoms with E-state index in [9.17, 15) is 14.7 Å². The maximum Gasteiger partial charge on any atom is 0.264 e. The zero-order chi connectivity index (χ0) is 25.7. The van der Waals surface area contributed by atoms with Crippen molar-refractivity contribution in [2.24, 2.45) is 5.92 Å². The van der Waals surface area contributed by atoms with Crippen LogP contribution in [0.4, 0.5) is 11.4 Å². The molecule has 3 N–H and O–H groups in total. The third-order valence-electron chi connectivity index (χ3n) is 6.43. The molecule has 0 unspecified atom stereocenters. The van der Waals surface area contributed by atoms with Crippen molar-refractivity contribution in [3.05, 3.63) is 102 Å². The van der Waals surface area contributed by atoms with Gasteiger partial charge in [0.25, 0.3) is 11.8 Å². The molecule has 0 aliphatic carbocycles. The van der Waals surface area contributed by atoms with Crippen LogP contribution in [0.25, 0.3) is 0 Å². The lowest BCUT2D eigenvalue weighted by atomic mass is 9.83. The van der Waals surface area contributed by atoms with E-state index >= 15 is 0 Å². The number of methoxy groups -OCH3 is 1. The van der Waals surface area contributed by atoms with Crippen LogP contribution in [0.5, 0.6) is 5.75 Å². The first kappa shape index (κ1) is 25.2. The molecule has 0 aromatic heterocycles. The summed E-state index contributed by atoms with van der Waals surface area (Å²) >= 11 is 0. The van der Waals surface area contributed by atoms with Crippen LogP contribution < -0.4 is 15.0 Å². The molecular formula is C29H30N2O5. The van der Waals surface area contributed by atoms with Crippen molar-refractivity contribution in [1.82, 2.24) is 0 Å². The van der Waals surface area contributed by atoms with E-state index in [1.54, 1.807) is 73.6 Å². The second-order valence-corrected chi connectivity index (χ2v) is 8.79. The van der Waals surface area contributed by atoms with Crippen LogP contribution >= 0.6 is 0 Å². The van der Waals surface area contributed by atoms with E-state index in [4.69, 9.17) is 9.84 Å². The second-order valence-electron chi connectivity index (χ2n) is 8.79. The third-order valence-corrected chi connectivity index (χ3v) is 6.43. The van der Waals surface area contributed by atoms with Crippen LogP contribution in [-0.4, -0.2) is 35.7 Å². The zero-order valence-corrected chi connectivity index (χ0v) is 20.3. The molecule has 0 saturated heterocycles. The average Bonchev–Trinajstić information content (AvgIpc) is 3.12. The Morgan fingerprint density at radius 3 is 2.58 bits per heavy atom. The Balaban J connectivity index is 1.55. The van der Waals surface area contributed by atoms with Gasteiger partial charge < -0.3 is 25.2 Å². The summed E-state index contributed by atoms with van der Waals surface area (Å²) in [4.78, 5) is 27.8. The summed E-state index contributed by atoms with van der Waals surface area (Å²) in [6, 6.07) is 21.4. The standard InChI is InChI=1S/C29H30N2O5/c1-20(8-5-6-17-32)29(35)25-11-3-4-12-26(25)31(28(29)34)19-21-9-7-10-23(18-21)30-27(33)22-13-15-24(36-2)16-14-22/h3-5,7-16,18,20,32,35H,6,17,19H2,1-2H3,(H,30,33)/b8-5+/t20-,29+/m0/s1. The maximum atomic E-state index is 13.6. The normalized spacial score (nSPS) is 17.8. The molecular weight excluding hydrogens is 456 g/mol. The van der Waals surface area contributed by atoms with Gasteiger partial charge in [-0.3, -0.25) is 9.59 Å². The van der Waals surface area contributed by atoms with E-state index < -0.39 is 17.4 Å². The molecule has 0 fully saturated rings. The molecule has 186 valence electrons. The van der Waals surface area contributed by atoms with Crippen molar-refractivity contribution < 1.29 is 24.5 Å². The first-order valence-electron chi connectivity index (χ1n) is 11.8. The van der Waals surface area contributed by atoms with Gasteiger partial charge in [-0.05, 0) is 54.4 Å². The Kier molecular flexibility index (Phi) is 7.52. The van der Waals surface area contributed by atoms with Gasteiger partial charge in [0, 0.05) is 29.3 Å². The monoisotopic (exact) mass is 486 g/mol. The Labute approximate surface area is 210 Å². The number of nitrogens with one attached hydrogen (secondary N) is 1. The molecule has 36 heavy (non-hydrogen) atoms. The lowest BCUT2D eigenvalue weighted by molar-refractivity contribution is -0.139. The van der Waals surface area contributed by atoms with E-state index in [1.807, 2.05) is 30.3 Å². The number of aliphatic hydroxyl groups excluding tert-OH is 1.